The van der Waals surface area contributed by atoms with Gasteiger partial charge in [-0.3, -0.25) is 0 Å². The second-order valence-corrected chi connectivity index (χ2v) is 9.38. The van der Waals surface area contributed by atoms with E-state index in [-0.39, 0.29) is 12.0 Å². The molecule has 0 aromatic heterocycles. The molecule has 4 aromatic rings. The quantitative estimate of drug-likeness (QED) is 0.332. The predicted octanol–water partition coefficient (Wildman–Crippen LogP) is 3.99. The summed E-state index contributed by atoms with van der Waals surface area (Å²) in [7, 11) is -2.93. The van der Waals surface area contributed by atoms with Crippen molar-refractivity contribution in [2.24, 2.45) is 31.9 Å². The van der Waals surface area contributed by atoms with Crippen molar-refractivity contribution in [1.29, 1.82) is 0 Å². The van der Waals surface area contributed by atoms with Crippen LogP contribution in [0.1, 0.15) is 34.5 Å². The lowest BCUT2D eigenvalue weighted by Gasteiger charge is -2.28. The summed E-state index contributed by atoms with van der Waals surface area (Å²) in [6.45, 7) is 0. The van der Waals surface area contributed by atoms with Gasteiger partial charge in [0, 0.05) is 11.1 Å². The summed E-state index contributed by atoms with van der Waals surface area (Å²) >= 11 is 0. The van der Waals surface area contributed by atoms with Gasteiger partial charge in [-0.25, -0.2) is 0 Å². The Hall–Kier alpha value is -5.23. The van der Waals surface area contributed by atoms with E-state index in [1.54, 1.807) is 0 Å². The molecule has 0 bridgehead atoms. The summed E-state index contributed by atoms with van der Waals surface area (Å²) in [5, 5.41) is 16.9. The van der Waals surface area contributed by atoms with Crippen molar-refractivity contribution in [2.45, 2.75) is 12.2 Å². The normalized spacial score (nSPS) is 19.2. The van der Waals surface area contributed by atoms with E-state index in [1.165, 1.54) is 0 Å². The highest BCUT2D eigenvalue weighted by atomic mass is 16.8. The van der Waals surface area contributed by atoms with Gasteiger partial charge in [0.15, 0.2) is 0 Å². The third-order valence-corrected chi connectivity index (χ3v) is 6.50. The van der Waals surface area contributed by atoms with E-state index in [9.17, 15) is 0 Å². The van der Waals surface area contributed by atoms with Gasteiger partial charge in [0.1, 0.15) is 23.6 Å². The van der Waals surface area contributed by atoms with Crippen molar-refractivity contribution in [3.63, 3.8) is 0 Å². The van der Waals surface area contributed by atoms with E-state index in [0.717, 1.165) is 22.3 Å². The lowest BCUT2D eigenvalue weighted by Crippen LogP contribution is -2.46. The number of nitrogens with zero attached hydrogens (tertiary/aromatic N) is 4. The second kappa shape index (κ2) is 13.2. The molecular formula is C30H26B2N6O5. The maximum atomic E-state index is 6.37. The summed E-state index contributed by atoms with van der Waals surface area (Å²) in [4.78, 5) is 0. The Morgan fingerprint density at radius 3 is 1.21 bits per heavy atom. The van der Waals surface area contributed by atoms with E-state index >= 15 is 0 Å². The second-order valence-electron chi connectivity index (χ2n) is 9.38. The monoisotopic (exact) mass is 572 g/mol. The van der Waals surface area contributed by atoms with E-state index in [1.807, 2.05) is 121 Å². The lowest BCUT2D eigenvalue weighted by molar-refractivity contribution is 0.111. The number of hydrogen-bond acceptors (Lipinski definition) is 11. The average molecular weight is 572 g/mol. The molecule has 2 heterocycles. The summed E-state index contributed by atoms with van der Waals surface area (Å²) in [5.74, 6) is 0. The van der Waals surface area contributed by atoms with E-state index in [2.05, 4.69) is 20.4 Å². The minimum atomic E-state index is -1.46. The fourth-order valence-corrected chi connectivity index (χ4v) is 4.54. The number of hydrogen-bond donors (Lipinski definition) is 2. The van der Waals surface area contributed by atoms with Gasteiger partial charge in [-0.1, -0.05) is 132 Å². The van der Waals surface area contributed by atoms with Gasteiger partial charge in [-0.2, -0.15) is 0 Å². The number of benzene rings is 4. The Labute approximate surface area is 248 Å². The van der Waals surface area contributed by atoms with Gasteiger partial charge in [0.25, 0.3) is 12.0 Å². The number of rotatable bonds is 6. The standard InChI is InChI=1S/C30H26B2N6O5/c33-29-37-35-25(21-13-5-1-6-14-21)27(23-17-9-3-10-18-23)39-31(41-29)43-32-40-28(24-19-11-4-12-20-24)26(36-38-30(34)42-32)22-15-7-2-8-16-22/h1-20,27-28H,(H2,33,37)(H2,34,38). The van der Waals surface area contributed by atoms with Crippen molar-refractivity contribution >= 4 is 38.1 Å². The first-order valence-corrected chi connectivity index (χ1v) is 13.5. The fourth-order valence-electron chi connectivity index (χ4n) is 4.54. The zero-order valence-corrected chi connectivity index (χ0v) is 22.8. The molecule has 4 N–H and O–H groups in total. The average Bonchev–Trinajstić information content (AvgIpc) is 3.03. The maximum Gasteiger partial charge on any atom is 0.704 e. The zero-order chi connectivity index (χ0) is 29.4. The molecule has 0 spiro atoms. The molecule has 6 rings (SSSR count). The van der Waals surface area contributed by atoms with Crippen LogP contribution in [0.4, 0.5) is 0 Å². The van der Waals surface area contributed by atoms with Crippen LogP contribution in [0.5, 0.6) is 0 Å². The van der Waals surface area contributed by atoms with Gasteiger partial charge >= 0.3 is 14.6 Å². The van der Waals surface area contributed by atoms with Crippen LogP contribution in [0.3, 0.4) is 0 Å². The third kappa shape index (κ3) is 6.81. The summed E-state index contributed by atoms with van der Waals surface area (Å²) in [6, 6.07) is 37.4. The van der Waals surface area contributed by atoms with Crippen LogP contribution in [0.25, 0.3) is 0 Å². The molecule has 0 amide bonds. The minimum absolute atomic E-state index is 0.288. The van der Waals surface area contributed by atoms with Crippen molar-refractivity contribution in [3.8, 4) is 0 Å². The molecule has 0 saturated heterocycles. The molecule has 43 heavy (non-hydrogen) atoms. The Morgan fingerprint density at radius 2 is 0.837 bits per heavy atom. The van der Waals surface area contributed by atoms with Gasteiger partial charge in [0.2, 0.25) is 0 Å². The molecule has 0 radical (unpaired) electrons. The van der Waals surface area contributed by atoms with Crippen LogP contribution in [-0.2, 0) is 23.2 Å². The summed E-state index contributed by atoms with van der Waals surface area (Å²) < 4.78 is 30.2. The molecule has 11 nitrogen and oxygen atoms in total. The van der Waals surface area contributed by atoms with E-state index < -0.39 is 26.9 Å². The molecule has 2 aliphatic rings. The van der Waals surface area contributed by atoms with Crippen LogP contribution in [0.15, 0.2) is 142 Å². The van der Waals surface area contributed by atoms with Gasteiger partial charge in [-0.05, 0) is 11.1 Å². The molecule has 0 fully saturated rings. The molecule has 2 aliphatic heterocycles. The first-order chi connectivity index (χ1) is 21.1. The van der Waals surface area contributed by atoms with Crippen LogP contribution in [-0.4, -0.2) is 38.1 Å². The highest BCUT2D eigenvalue weighted by Gasteiger charge is 2.44. The predicted molar refractivity (Wildman–Crippen MR) is 165 cm³/mol. The Kier molecular flexibility index (Phi) is 8.55. The van der Waals surface area contributed by atoms with Gasteiger partial charge in [-0.15, -0.1) is 10.2 Å². The fraction of sp³-hybridized carbons (Fsp3) is 0.0667. The first-order valence-electron chi connectivity index (χ1n) is 13.5. The molecule has 0 saturated carbocycles. The molecule has 13 heteroatoms. The van der Waals surface area contributed by atoms with Crippen LogP contribution < -0.4 is 11.5 Å². The number of nitrogens with two attached hydrogens (primary N) is 2. The first kappa shape index (κ1) is 27.9. The molecule has 0 aliphatic carbocycles. The SMILES string of the molecule is NC1=NN=C(c2ccccc2)C(c2ccccc2)OB(OB2OC(N)=NN=C(c3ccccc3)C(c3ccccc3)O2)O1. The summed E-state index contributed by atoms with van der Waals surface area (Å²) in [6.07, 6.45) is -1.53. The number of amidine groups is 2. The Bertz CT molecular complexity index is 1520. The highest BCUT2D eigenvalue weighted by molar-refractivity contribution is 6.54. The largest absolute Gasteiger partial charge is 0.704 e. The molecule has 2 atom stereocenters. The Balaban J connectivity index is 1.34. The maximum absolute atomic E-state index is 6.37. The van der Waals surface area contributed by atoms with Crippen molar-refractivity contribution < 1.29 is 23.2 Å². The van der Waals surface area contributed by atoms with Crippen molar-refractivity contribution in [1.82, 2.24) is 0 Å². The van der Waals surface area contributed by atoms with Gasteiger partial charge < -0.3 is 34.7 Å². The Morgan fingerprint density at radius 1 is 0.488 bits per heavy atom. The van der Waals surface area contributed by atoms with Crippen LogP contribution >= 0.6 is 0 Å². The summed E-state index contributed by atoms with van der Waals surface area (Å²) in [5.41, 5.74) is 16.2. The molecule has 2 unspecified atom stereocenters. The topological polar surface area (TPSA) is 148 Å². The smallest absolute Gasteiger partial charge is 0.484 e. The van der Waals surface area contributed by atoms with E-state index in [0.29, 0.717) is 11.4 Å². The van der Waals surface area contributed by atoms with Crippen LogP contribution in [0, 0.1) is 0 Å². The van der Waals surface area contributed by atoms with E-state index in [4.69, 9.17) is 34.7 Å². The van der Waals surface area contributed by atoms with Crippen molar-refractivity contribution in [2.75, 3.05) is 0 Å². The molecular weight excluding hydrogens is 546 g/mol. The zero-order valence-electron chi connectivity index (χ0n) is 22.8. The molecule has 4 aromatic carbocycles. The van der Waals surface area contributed by atoms with Crippen LogP contribution in [0.2, 0.25) is 0 Å². The minimum Gasteiger partial charge on any atom is -0.484 e. The van der Waals surface area contributed by atoms with Crippen molar-refractivity contribution in [3.05, 3.63) is 144 Å². The van der Waals surface area contributed by atoms with Gasteiger partial charge in [0.05, 0.1) is 0 Å². The highest BCUT2D eigenvalue weighted by Crippen LogP contribution is 2.29. The lowest BCUT2D eigenvalue weighted by atomic mass is 9.96. The molecule has 212 valence electrons. The third-order valence-electron chi connectivity index (χ3n) is 6.50.